The number of hydrogen-bond donors (Lipinski definition) is 0. The maximum absolute atomic E-state index is 13.1. The quantitative estimate of drug-likeness (QED) is 0.739. The Balaban J connectivity index is 1.92. The van der Waals surface area contributed by atoms with E-state index in [2.05, 4.69) is 0 Å². The number of thioether (sulfide) groups is 1. The molecule has 23 heavy (non-hydrogen) atoms. The molecule has 0 saturated carbocycles. The standard InChI is InChI=1S/C17H22N2O3S/c1-11-9-19(10-12(2)22-11)16(21)17(3)15(20)18(4)13-7-5-6-8-14(13)23-17/h5-8,11-12H,9-10H2,1-4H3/t11-,12-,17-/m1/s1. The van der Waals surface area contributed by atoms with Gasteiger partial charge in [0.1, 0.15) is 0 Å². The summed E-state index contributed by atoms with van der Waals surface area (Å²) in [5.74, 6) is -0.297. The zero-order chi connectivity index (χ0) is 16.8. The molecule has 0 radical (unpaired) electrons. The third-order valence-corrected chi connectivity index (χ3v) is 5.69. The first-order valence-electron chi connectivity index (χ1n) is 7.84. The van der Waals surface area contributed by atoms with E-state index in [1.165, 1.54) is 11.8 Å². The van der Waals surface area contributed by atoms with Gasteiger partial charge in [-0.2, -0.15) is 0 Å². The summed E-state index contributed by atoms with van der Waals surface area (Å²) in [5.41, 5.74) is 0.858. The van der Waals surface area contributed by atoms with E-state index in [0.29, 0.717) is 13.1 Å². The molecule has 1 aromatic rings. The molecule has 2 heterocycles. The van der Waals surface area contributed by atoms with Crippen LogP contribution in [-0.2, 0) is 14.3 Å². The lowest BCUT2D eigenvalue weighted by Gasteiger charge is -2.42. The van der Waals surface area contributed by atoms with Crippen molar-refractivity contribution in [3.05, 3.63) is 24.3 Å². The Hall–Kier alpha value is -1.53. The predicted molar refractivity (Wildman–Crippen MR) is 90.7 cm³/mol. The highest BCUT2D eigenvalue weighted by Gasteiger charge is 2.50. The molecule has 5 nitrogen and oxygen atoms in total. The molecular weight excluding hydrogens is 312 g/mol. The van der Waals surface area contributed by atoms with Crippen LogP contribution in [0.25, 0.3) is 0 Å². The van der Waals surface area contributed by atoms with E-state index in [4.69, 9.17) is 4.74 Å². The van der Waals surface area contributed by atoms with E-state index >= 15 is 0 Å². The Morgan fingerprint density at radius 2 is 1.87 bits per heavy atom. The number of hydrogen-bond acceptors (Lipinski definition) is 4. The first-order valence-corrected chi connectivity index (χ1v) is 8.65. The van der Waals surface area contributed by atoms with Crippen molar-refractivity contribution in [1.29, 1.82) is 0 Å². The number of carbonyl (C=O) groups excluding carboxylic acids is 2. The molecule has 0 N–H and O–H groups in total. The van der Waals surface area contributed by atoms with Crippen molar-refractivity contribution in [3.63, 3.8) is 0 Å². The van der Waals surface area contributed by atoms with Gasteiger partial charge in [0.2, 0.25) is 5.91 Å². The van der Waals surface area contributed by atoms with Gasteiger partial charge in [-0.25, -0.2) is 0 Å². The van der Waals surface area contributed by atoms with Gasteiger partial charge >= 0.3 is 0 Å². The van der Waals surface area contributed by atoms with Crippen LogP contribution in [-0.4, -0.2) is 53.8 Å². The second-order valence-electron chi connectivity index (χ2n) is 6.43. The SMILES string of the molecule is C[C@@H]1CN(C(=O)[C@]2(C)Sc3ccccc3N(C)C2=O)C[C@@H](C)O1. The number of anilines is 1. The lowest BCUT2D eigenvalue weighted by Crippen LogP contribution is -2.60. The number of fused-ring (bicyclic) bond motifs is 1. The Bertz CT molecular complexity index is 640. The number of benzene rings is 1. The van der Waals surface area contributed by atoms with Crippen LogP contribution < -0.4 is 4.90 Å². The van der Waals surface area contributed by atoms with Gasteiger partial charge < -0.3 is 14.5 Å². The number of rotatable bonds is 1. The van der Waals surface area contributed by atoms with Crippen molar-refractivity contribution in [3.8, 4) is 0 Å². The number of ether oxygens (including phenoxy) is 1. The Morgan fingerprint density at radius 3 is 2.52 bits per heavy atom. The summed E-state index contributed by atoms with van der Waals surface area (Å²) in [7, 11) is 1.73. The van der Waals surface area contributed by atoms with Crippen molar-refractivity contribution in [1.82, 2.24) is 4.90 Å². The molecule has 0 unspecified atom stereocenters. The van der Waals surface area contributed by atoms with Gasteiger partial charge in [-0.3, -0.25) is 9.59 Å². The number of para-hydroxylation sites is 1. The van der Waals surface area contributed by atoms with Gasteiger partial charge in [-0.15, -0.1) is 0 Å². The summed E-state index contributed by atoms with van der Waals surface area (Å²) in [6.45, 7) is 6.70. The van der Waals surface area contributed by atoms with E-state index in [0.717, 1.165) is 10.6 Å². The van der Waals surface area contributed by atoms with E-state index in [1.54, 1.807) is 23.8 Å². The minimum Gasteiger partial charge on any atom is -0.372 e. The third-order valence-electron chi connectivity index (χ3n) is 4.37. The van der Waals surface area contributed by atoms with Gasteiger partial charge in [0.25, 0.3) is 5.91 Å². The second-order valence-corrected chi connectivity index (χ2v) is 7.90. The Labute approximate surface area is 141 Å². The fourth-order valence-corrected chi connectivity index (χ4v) is 4.63. The van der Waals surface area contributed by atoms with E-state index in [-0.39, 0.29) is 24.0 Å². The van der Waals surface area contributed by atoms with Crippen LogP contribution in [0, 0.1) is 0 Å². The maximum atomic E-state index is 13.1. The van der Waals surface area contributed by atoms with Gasteiger partial charge in [0, 0.05) is 25.0 Å². The number of amides is 2. The molecule has 0 bridgehead atoms. The smallest absolute Gasteiger partial charge is 0.252 e. The molecule has 0 aliphatic carbocycles. The fourth-order valence-electron chi connectivity index (χ4n) is 3.29. The molecule has 3 atom stereocenters. The van der Waals surface area contributed by atoms with Crippen LogP contribution in [0.4, 0.5) is 5.69 Å². The van der Waals surface area contributed by atoms with E-state index in [9.17, 15) is 9.59 Å². The monoisotopic (exact) mass is 334 g/mol. The molecule has 1 saturated heterocycles. The summed E-state index contributed by atoms with van der Waals surface area (Å²) in [4.78, 5) is 30.3. The van der Waals surface area contributed by atoms with Crippen LogP contribution in [0.5, 0.6) is 0 Å². The summed E-state index contributed by atoms with van der Waals surface area (Å²) >= 11 is 1.35. The lowest BCUT2D eigenvalue weighted by molar-refractivity contribution is -0.148. The van der Waals surface area contributed by atoms with Gasteiger partial charge in [0.15, 0.2) is 4.75 Å². The Kier molecular flexibility index (Phi) is 4.14. The lowest BCUT2D eigenvalue weighted by atomic mass is 10.0. The summed E-state index contributed by atoms with van der Waals surface area (Å²) in [5, 5.41) is 0. The van der Waals surface area contributed by atoms with Crippen molar-refractivity contribution in [2.75, 3.05) is 25.0 Å². The molecule has 1 aromatic carbocycles. The first kappa shape index (κ1) is 16.3. The predicted octanol–water partition coefficient (Wildman–Crippen LogP) is 2.15. The summed E-state index contributed by atoms with van der Waals surface area (Å²) in [6, 6.07) is 7.69. The molecular formula is C17H22N2O3S. The zero-order valence-electron chi connectivity index (χ0n) is 13.9. The number of morpholine rings is 1. The summed E-state index contributed by atoms with van der Waals surface area (Å²) in [6.07, 6.45) is -0.0278. The van der Waals surface area contributed by atoms with Crippen molar-refractivity contribution in [2.24, 2.45) is 0 Å². The van der Waals surface area contributed by atoms with Crippen molar-refractivity contribution >= 4 is 29.3 Å². The van der Waals surface area contributed by atoms with E-state index in [1.807, 2.05) is 38.1 Å². The molecule has 2 amide bonds. The minimum absolute atomic E-state index is 0.0139. The molecule has 0 aromatic heterocycles. The van der Waals surface area contributed by atoms with E-state index < -0.39 is 4.75 Å². The largest absolute Gasteiger partial charge is 0.372 e. The van der Waals surface area contributed by atoms with Gasteiger partial charge in [0.05, 0.1) is 17.9 Å². The topological polar surface area (TPSA) is 49.9 Å². The van der Waals surface area contributed by atoms with Crippen LogP contribution in [0.1, 0.15) is 20.8 Å². The molecule has 3 rings (SSSR count). The second kappa shape index (κ2) is 5.83. The third kappa shape index (κ3) is 2.74. The average Bonchev–Trinajstić information content (AvgIpc) is 2.51. The molecule has 1 fully saturated rings. The normalized spacial score (nSPS) is 31.0. The molecule has 124 valence electrons. The summed E-state index contributed by atoms with van der Waals surface area (Å²) < 4.78 is 4.57. The average molecular weight is 334 g/mol. The van der Waals surface area contributed by atoms with Crippen molar-refractivity contribution in [2.45, 2.75) is 42.6 Å². The molecule has 0 spiro atoms. The van der Waals surface area contributed by atoms with Crippen LogP contribution in [0.3, 0.4) is 0 Å². The van der Waals surface area contributed by atoms with Crippen LogP contribution in [0.15, 0.2) is 29.2 Å². The minimum atomic E-state index is -1.13. The molecule has 6 heteroatoms. The highest BCUT2D eigenvalue weighted by atomic mass is 32.2. The highest BCUT2D eigenvalue weighted by molar-refractivity contribution is 8.02. The molecule has 2 aliphatic heterocycles. The zero-order valence-corrected chi connectivity index (χ0v) is 14.7. The van der Waals surface area contributed by atoms with Gasteiger partial charge in [-0.1, -0.05) is 23.9 Å². The van der Waals surface area contributed by atoms with Gasteiger partial charge in [-0.05, 0) is 32.9 Å². The maximum Gasteiger partial charge on any atom is 0.252 e. The fraction of sp³-hybridized carbons (Fsp3) is 0.529. The number of nitrogens with zero attached hydrogens (tertiary/aromatic N) is 2. The van der Waals surface area contributed by atoms with Crippen molar-refractivity contribution < 1.29 is 14.3 Å². The Morgan fingerprint density at radius 1 is 1.26 bits per heavy atom. The molecule has 2 aliphatic rings. The highest BCUT2D eigenvalue weighted by Crippen LogP contribution is 2.45. The first-order chi connectivity index (χ1) is 10.8. The van der Waals surface area contributed by atoms with Crippen LogP contribution in [0.2, 0.25) is 0 Å². The number of carbonyl (C=O) groups is 2. The van der Waals surface area contributed by atoms with Crippen LogP contribution >= 0.6 is 11.8 Å².